The Morgan fingerprint density at radius 2 is 2.33 bits per heavy atom. The highest BCUT2D eigenvalue weighted by molar-refractivity contribution is 7.09. The zero-order valence-corrected chi connectivity index (χ0v) is 9.55. The molecule has 0 amide bonds. The quantitative estimate of drug-likeness (QED) is 0.796. The van der Waals surface area contributed by atoms with E-state index in [2.05, 4.69) is 10.3 Å². The fourth-order valence-electron chi connectivity index (χ4n) is 1.71. The van der Waals surface area contributed by atoms with Gasteiger partial charge in [-0.25, -0.2) is 4.98 Å². The topological polar surface area (TPSA) is 60.2 Å². The second-order valence-corrected chi connectivity index (χ2v) is 4.98. The maximum Gasteiger partial charge on any atom is 0.106 e. The van der Waals surface area contributed by atoms with Crippen LogP contribution in [0.3, 0.4) is 0 Å². The first kappa shape index (κ1) is 11.0. The van der Waals surface area contributed by atoms with Crippen LogP contribution in [0.25, 0.3) is 0 Å². The van der Waals surface area contributed by atoms with Gasteiger partial charge in [-0.2, -0.15) is 0 Å². The molecule has 2 rings (SSSR count). The molecule has 15 heavy (non-hydrogen) atoms. The van der Waals surface area contributed by atoms with E-state index in [1.807, 2.05) is 11.6 Å². The van der Waals surface area contributed by atoms with Crippen LogP contribution in [0.1, 0.15) is 17.8 Å². The predicted molar refractivity (Wildman–Crippen MR) is 60.8 cm³/mol. The van der Waals surface area contributed by atoms with E-state index in [1.54, 1.807) is 11.3 Å². The maximum atomic E-state index is 6.24. The first-order valence-electron chi connectivity index (χ1n) is 5.24. The van der Waals surface area contributed by atoms with Crippen molar-refractivity contribution in [2.75, 3.05) is 19.8 Å². The van der Waals surface area contributed by atoms with Crippen LogP contribution in [0.4, 0.5) is 0 Å². The summed E-state index contributed by atoms with van der Waals surface area (Å²) in [7, 11) is 0. The molecule has 84 valence electrons. The lowest BCUT2D eigenvalue weighted by Gasteiger charge is -2.33. The molecule has 0 spiro atoms. The van der Waals surface area contributed by atoms with E-state index in [9.17, 15) is 0 Å². The second-order valence-electron chi connectivity index (χ2n) is 4.00. The van der Waals surface area contributed by atoms with Crippen molar-refractivity contribution in [3.63, 3.8) is 0 Å². The Balaban J connectivity index is 1.72. The van der Waals surface area contributed by atoms with Crippen LogP contribution in [0.5, 0.6) is 0 Å². The molecule has 0 saturated carbocycles. The van der Waals surface area contributed by atoms with E-state index in [1.165, 1.54) is 0 Å². The predicted octanol–water partition coefficient (Wildman–Crippen LogP) is 0.741. The van der Waals surface area contributed by atoms with E-state index >= 15 is 0 Å². The van der Waals surface area contributed by atoms with Crippen LogP contribution in [-0.4, -0.2) is 30.3 Å². The third-order valence-corrected chi connectivity index (χ3v) is 3.50. The zero-order valence-electron chi connectivity index (χ0n) is 8.74. The lowest BCUT2D eigenvalue weighted by atomic mass is 9.91. The summed E-state index contributed by atoms with van der Waals surface area (Å²) in [5.74, 6) is 0. The monoisotopic (exact) mass is 227 g/mol. The highest BCUT2D eigenvalue weighted by atomic mass is 32.1. The van der Waals surface area contributed by atoms with Gasteiger partial charge in [0.05, 0.1) is 0 Å². The van der Waals surface area contributed by atoms with Crippen LogP contribution in [0, 0.1) is 0 Å². The number of hydrogen-bond acceptors (Lipinski definition) is 5. The molecule has 2 heterocycles. The fraction of sp³-hybridized carbons (Fsp3) is 0.700. The van der Waals surface area contributed by atoms with E-state index in [0.29, 0.717) is 0 Å². The van der Waals surface area contributed by atoms with Gasteiger partial charge >= 0.3 is 0 Å². The van der Waals surface area contributed by atoms with Gasteiger partial charge in [-0.15, -0.1) is 11.3 Å². The van der Waals surface area contributed by atoms with Crippen molar-refractivity contribution in [3.8, 4) is 0 Å². The number of thiazole rings is 1. The third kappa shape index (κ3) is 3.24. The number of hydrogen-bond donors (Lipinski definition) is 2. The Hall–Kier alpha value is -0.490. The lowest BCUT2D eigenvalue weighted by molar-refractivity contribution is 0.0531. The molecule has 1 aromatic rings. The molecule has 3 N–H and O–H groups in total. The van der Waals surface area contributed by atoms with Gasteiger partial charge in [0.15, 0.2) is 0 Å². The summed E-state index contributed by atoms with van der Waals surface area (Å²) in [6.07, 6.45) is 3.71. The number of rotatable bonds is 4. The van der Waals surface area contributed by atoms with Crippen LogP contribution in [0.2, 0.25) is 0 Å². The Kier molecular flexibility index (Phi) is 3.69. The molecule has 0 aliphatic carbocycles. The number of nitrogens with two attached hydrogens (primary N) is 1. The zero-order chi connectivity index (χ0) is 10.6. The van der Waals surface area contributed by atoms with Crippen molar-refractivity contribution in [1.82, 2.24) is 10.3 Å². The van der Waals surface area contributed by atoms with Crippen molar-refractivity contribution in [3.05, 3.63) is 16.6 Å². The normalized spacial score (nSPS) is 20.3. The van der Waals surface area contributed by atoms with E-state index in [-0.39, 0.29) is 5.54 Å². The number of aromatic nitrogens is 1. The molecule has 0 unspecified atom stereocenters. The fourth-order valence-corrected chi connectivity index (χ4v) is 2.30. The first-order chi connectivity index (χ1) is 7.29. The first-order valence-corrected chi connectivity index (χ1v) is 6.12. The average molecular weight is 227 g/mol. The molecule has 1 aliphatic rings. The molecular weight excluding hydrogens is 210 g/mol. The Morgan fingerprint density at radius 1 is 1.53 bits per heavy atom. The summed E-state index contributed by atoms with van der Waals surface area (Å²) in [5, 5.41) is 6.47. The highest BCUT2D eigenvalue weighted by Gasteiger charge is 2.27. The minimum Gasteiger partial charge on any atom is -0.381 e. The Morgan fingerprint density at radius 3 is 3.00 bits per heavy atom. The summed E-state index contributed by atoms with van der Waals surface area (Å²) < 4.78 is 5.30. The lowest BCUT2D eigenvalue weighted by Crippen LogP contribution is -2.52. The van der Waals surface area contributed by atoms with Crippen molar-refractivity contribution in [2.24, 2.45) is 5.73 Å². The van der Waals surface area contributed by atoms with Crippen LogP contribution >= 0.6 is 11.3 Å². The standard InChI is InChI=1S/C10H17N3OS/c11-10(1-4-14-5-2-10)8-12-7-9-13-3-6-15-9/h3,6,12H,1-2,4-5,7-8,11H2. The largest absolute Gasteiger partial charge is 0.381 e. The van der Waals surface area contributed by atoms with Gasteiger partial charge < -0.3 is 15.8 Å². The summed E-state index contributed by atoms with van der Waals surface area (Å²) in [6.45, 7) is 3.23. The number of nitrogens with zero attached hydrogens (tertiary/aromatic N) is 1. The molecule has 5 heteroatoms. The summed E-state index contributed by atoms with van der Waals surface area (Å²) in [5.41, 5.74) is 6.15. The average Bonchev–Trinajstić information content (AvgIpc) is 2.71. The number of nitrogens with one attached hydrogen (secondary N) is 1. The van der Waals surface area contributed by atoms with E-state index in [0.717, 1.165) is 44.2 Å². The Labute approximate surface area is 93.8 Å². The molecule has 1 saturated heterocycles. The molecule has 0 bridgehead atoms. The van der Waals surface area contributed by atoms with E-state index in [4.69, 9.17) is 10.5 Å². The van der Waals surface area contributed by atoms with Crippen LogP contribution in [-0.2, 0) is 11.3 Å². The van der Waals surface area contributed by atoms with Crippen molar-refractivity contribution in [2.45, 2.75) is 24.9 Å². The van der Waals surface area contributed by atoms with Gasteiger partial charge in [0.2, 0.25) is 0 Å². The molecule has 1 aliphatic heterocycles. The van der Waals surface area contributed by atoms with Crippen LogP contribution < -0.4 is 11.1 Å². The second kappa shape index (κ2) is 5.03. The smallest absolute Gasteiger partial charge is 0.106 e. The van der Waals surface area contributed by atoms with Gasteiger partial charge in [0, 0.05) is 43.4 Å². The summed E-state index contributed by atoms with van der Waals surface area (Å²) >= 11 is 1.67. The van der Waals surface area contributed by atoms with Crippen molar-refractivity contribution >= 4 is 11.3 Å². The number of ether oxygens (including phenoxy) is 1. The molecule has 1 aromatic heterocycles. The Bertz CT molecular complexity index is 283. The van der Waals surface area contributed by atoms with Gasteiger partial charge in [0.25, 0.3) is 0 Å². The van der Waals surface area contributed by atoms with Gasteiger partial charge in [-0.05, 0) is 12.8 Å². The molecule has 4 nitrogen and oxygen atoms in total. The third-order valence-electron chi connectivity index (χ3n) is 2.73. The molecular formula is C10H17N3OS. The minimum absolute atomic E-state index is 0.0878. The molecule has 0 aromatic carbocycles. The minimum atomic E-state index is -0.0878. The summed E-state index contributed by atoms with van der Waals surface area (Å²) in [6, 6.07) is 0. The highest BCUT2D eigenvalue weighted by Crippen LogP contribution is 2.16. The SMILES string of the molecule is NC1(CNCc2nccs2)CCOCC1. The van der Waals surface area contributed by atoms with Crippen LogP contribution in [0.15, 0.2) is 11.6 Å². The van der Waals surface area contributed by atoms with Crippen molar-refractivity contribution < 1.29 is 4.74 Å². The van der Waals surface area contributed by atoms with E-state index < -0.39 is 0 Å². The molecule has 1 fully saturated rings. The van der Waals surface area contributed by atoms with Gasteiger partial charge in [0.1, 0.15) is 5.01 Å². The van der Waals surface area contributed by atoms with Gasteiger partial charge in [-0.3, -0.25) is 0 Å². The maximum absolute atomic E-state index is 6.24. The molecule has 0 atom stereocenters. The summed E-state index contributed by atoms with van der Waals surface area (Å²) in [4.78, 5) is 4.21. The molecule has 0 radical (unpaired) electrons. The van der Waals surface area contributed by atoms with Crippen molar-refractivity contribution in [1.29, 1.82) is 0 Å². The van der Waals surface area contributed by atoms with Gasteiger partial charge in [-0.1, -0.05) is 0 Å².